The lowest BCUT2D eigenvalue weighted by atomic mass is 10.3. The number of carbonyl (C=O) groups is 1. The number of hydrogen-bond acceptors (Lipinski definition) is 6. The van der Waals surface area contributed by atoms with E-state index in [-0.39, 0.29) is 17.0 Å². The second-order valence-corrected chi connectivity index (χ2v) is 4.81. The number of fused-ring (bicyclic) bond motifs is 1. The van der Waals surface area contributed by atoms with Crippen LogP contribution in [0.2, 0.25) is 0 Å². The van der Waals surface area contributed by atoms with E-state index < -0.39 is 17.6 Å². The van der Waals surface area contributed by atoms with Crippen molar-refractivity contribution in [3.63, 3.8) is 0 Å². The molecule has 0 unspecified atom stereocenters. The maximum atomic E-state index is 13.0. The van der Waals surface area contributed by atoms with Crippen molar-refractivity contribution in [1.82, 2.24) is 24.5 Å². The molecule has 0 bridgehead atoms. The first-order valence-electron chi connectivity index (χ1n) is 6.69. The van der Waals surface area contributed by atoms with E-state index in [0.717, 1.165) is 4.57 Å². The van der Waals surface area contributed by atoms with Gasteiger partial charge in [0, 0.05) is 0 Å². The second-order valence-electron chi connectivity index (χ2n) is 4.81. The number of methoxy groups -OCH3 is 1. The topological polar surface area (TPSA) is 91.9 Å². The summed E-state index contributed by atoms with van der Waals surface area (Å²) >= 11 is 0. The fourth-order valence-electron chi connectivity index (χ4n) is 2.14. The molecule has 0 spiro atoms. The Labute approximate surface area is 129 Å². The van der Waals surface area contributed by atoms with E-state index in [4.69, 9.17) is 0 Å². The summed E-state index contributed by atoms with van der Waals surface area (Å²) in [6.07, 6.45) is 1.23. The van der Waals surface area contributed by atoms with E-state index in [1.807, 2.05) is 0 Å². The monoisotopic (exact) mass is 317 g/mol. The smallest absolute Gasteiger partial charge is 0.328 e. The van der Waals surface area contributed by atoms with Crippen molar-refractivity contribution in [2.45, 2.75) is 13.0 Å². The average Bonchev–Trinajstić information content (AvgIpc) is 2.99. The van der Waals surface area contributed by atoms with Gasteiger partial charge in [-0.3, -0.25) is 9.36 Å². The van der Waals surface area contributed by atoms with Crippen LogP contribution in [0.25, 0.3) is 16.9 Å². The zero-order valence-corrected chi connectivity index (χ0v) is 12.3. The Morgan fingerprint density at radius 1 is 1.30 bits per heavy atom. The number of benzene rings is 1. The third kappa shape index (κ3) is 2.45. The molecule has 9 heteroatoms. The molecular weight excluding hydrogens is 305 g/mol. The number of nitrogens with zero attached hydrogens (tertiary/aromatic N) is 5. The molecule has 0 fully saturated rings. The van der Waals surface area contributed by atoms with Crippen LogP contribution in [-0.2, 0) is 9.53 Å². The van der Waals surface area contributed by atoms with Crippen molar-refractivity contribution >= 4 is 17.1 Å². The minimum absolute atomic E-state index is 0.00702. The van der Waals surface area contributed by atoms with E-state index in [0.29, 0.717) is 5.69 Å². The quantitative estimate of drug-likeness (QED) is 0.665. The molecule has 0 N–H and O–H groups in total. The molecule has 3 aromatic rings. The van der Waals surface area contributed by atoms with Crippen molar-refractivity contribution in [2.75, 3.05) is 7.11 Å². The van der Waals surface area contributed by atoms with Crippen LogP contribution in [0.5, 0.6) is 0 Å². The maximum Gasteiger partial charge on any atom is 0.328 e. The normalized spacial score (nSPS) is 12.3. The van der Waals surface area contributed by atoms with E-state index in [1.165, 1.54) is 49.3 Å². The second kappa shape index (κ2) is 5.59. The molecule has 0 aliphatic heterocycles. The Balaban J connectivity index is 2.13. The van der Waals surface area contributed by atoms with Gasteiger partial charge in [0.2, 0.25) is 0 Å². The Hall–Kier alpha value is -3.10. The Kier molecular flexibility index (Phi) is 3.61. The van der Waals surface area contributed by atoms with Crippen LogP contribution in [0, 0.1) is 5.82 Å². The predicted octanol–water partition coefficient (Wildman–Crippen LogP) is 0.850. The van der Waals surface area contributed by atoms with Crippen LogP contribution in [0.15, 0.2) is 35.4 Å². The Bertz CT molecular complexity index is 932. The van der Waals surface area contributed by atoms with Gasteiger partial charge in [0.25, 0.3) is 5.56 Å². The van der Waals surface area contributed by atoms with Crippen LogP contribution < -0.4 is 5.56 Å². The summed E-state index contributed by atoms with van der Waals surface area (Å²) in [4.78, 5) is 28.1. The highest BCUT2D eigenvalue weighted by molar-refractivity contribution is 5.75. The van der Waals surface area contributed by atoms with Gasteiger partial charge >= 0.3 is 5.97 Å². The lowest BCUT2D eigenvalue weighted by Gasteiger charge is -2.11. The van der Waals surface area contributed by atoms with Crippen molar-refractivity contribution in [3.05, 3.63) is 46.8 Å². The lowest BCUT2D eigenvalue weighted by molar-refractivity contribution is -0.144. The third-order valence-corrected chi connectivity index (χ3v) is 3.42. The molecular formula is C14H12FN5O3. The first-order chi connectivity index (χ1) is 11.0. The molecule has 118 valence electrons. The van der Waals surface area contributed by atoms with Crippen LogP contribution in [0.1, 0.15) is 13.0 Å². The molecule has 0 radical (unpaired) electrons. The van der Waals surface area contributed by atoms with Crippen LogP contribution in [0.3, 0.4) is 0 Å². The number of rotatable bonds is 3. The Morgan fingerprint density at radius 2 is 2.00 bits per heavy atom. The number of esters is 1. The van der Waals surface area contributed by atoms with Gasteiger partial charge in [0.15, 0.2) is 11.2 Å². The summed E-state index contributed by atoms with van der Waals surface area (Å²) in [5, 5.41) is 7.69. The van der Waals surface area contributed by atoms with Crippen molar-refractivity contribution in [1.29, 1.82) is 0 Å². The third-order valence-electron chi connectivity index (χ3n) is 3.42. The molecule has 0 amide bonds. The molecule has 0 aliphatic rings. The van der Waals surface area contributed by atoms with Crippen molar-refractivity contribution in [2.24, 2.45) is 0 Å². The highest BCUT2D eigenvalue weighted by Crippen LogP contribution is 2.13. The van der Waals surface area contributed by atoms with Gasteiger partial charge in [0.1, 0.15) is 18.2 Å². The predicted molar refractivity (Wildman–Crippen MR) is 77.6 cm³/mol. The first kappa shape index (κ1) is 14.8. The molecule has 2 heterocycles. The maximum absolute atomic E-state index is 13.0. The average molecular weight is 317 g/mol. The standard InChI is InChI=1S/C14H12FN5O3/c1-8(14(22)23-2)19-7-16-12-11(13(19)21)17-18-20(12)10-5-3-9(15)4-6-10/h3-8H,1-2H3/t8-/m1/s1. The summed E-state index contributed by atoms with van der Waals surface area (Å²) < 4.78 is 20.1. The van der Waals surface area contributed by atoms with Crippen molar-refractivity contribution in [3.8, 4) is 5.69 Å². The SMILES string of the molecule is COC(=O)[C@@H](C)n1cnc2c(nnn2-c2ccc(F)cc2)c1=O. The fourth-order valence-corrected chi connectivity index (χ4v) is 2.14. The minimum Gasteiger partial charge on any atom is -0.467 e. The zero-order valence-electron chi connectivity index (χ0n) is 12.3. The summed E-state index contributed by atoms with van der Waals surface area (Å²) in [5.74, 6) is -0.959. The number of ether oxygens (including phenoxy) is 1. The summed E-state index contributed by atoms with van der Waals surface area (Å²) in [6, 6.07) is 4.69. The van der Waals surface area contributed by atoms with Gasteiger partial charge in [-0.15, -0.1) is 5.10 Å². The molecule has 1 aromatic carbocycles. The van der Waals surface area contributed by atoms with Gasteiger partial charge in [0.05, 0.1) is 12.8 Å². The van der Waals surface area contributed by atoms with Crippen LogP contribution in [-0.4, -0.2) is 37.6 Å². The molecule has 1 atom stereocenters. The van der Waals surface area contributed by atoms with Gasteiger partial charge in [-0.25, -0.2) is 14.2 Å². The van der Waals surface area contributed by atoms with Crippen molar-refractivity contribution < 1.29 is 13.9 Å². The van der Waals surface area contributed by atoms with E-state index >= 15 is 0 Å². The molecule has 0 saturated heterocycles. The molecule has 2 aromatic heterocycles. The van der Waals surface area contributed by atoms with Gasteiger partial charge in [-0.2, -0.15) is 4.68 Å². The molecule has 3 rings (SSSR count). The Morgan fingerprint density at radius 3 is 2.65 bits per heavy atom. The highest BCUT2D eigenvalue weighted by Gasteiger charge is 2.20. The first-order valence-corrected chi connectivity index (χ1v) is 6.69. The lowest BCUT2D eigenvalue weighted by Crippen LogP contribution is -2.29. The van der Waals surface area contributed by atoms with E-state index in [1.54, 1.807) is 0 Å². The van der Waals surface area contributed by atoms with Crippen LogP contribution >= 0.6 is 0 Å². The molecule has 0 aliphatic carbocycles. The van der Waals surface area contributed by atoms with E-state index in [2.05, 4.69) is 20.0 Å². The van der Waals surface area contributed by atoms with Gasteiger partial charge < -0.3 is 4.74 Å². The molecule has 23 heavy (non-hydrogen) atoms. The van der Waals surface area contributed by atoms with Gasteiger partial charge in [-0.1, -0.05) is 5.21 Å². The molecule has 0 saturated carbocycles. The number of hydrogen-bond donors (Lipinski definition) is 0. The number of halogens is 1. The molecule has 8 nitrogen and oxygen atoms in total. The largest absolute Gasteiger partial charge is 0.467 e. The number of carbonyl (C=O) groups excluding carboxylic acids is 1. The minimum atomic E-state index is -0.833. The summed E-state index contributed by atoms with van der Waals surface area (Å²) in [6.45, 7) is 1.52. The van der Waals surface area contributed by atoms with E-state index in [9.17, 15) is 14.0 Å². The summed E-state index contributed by atoms with van der Waals surface area (Å²) in [7, 11) is 1.24. The fraction of sp³-hybridized carbons (Fsp3) is 0.214. The highest BCUT2D eigenvalue weighted by atomic mass is 19.1. The zero-order chi connectivity index (χ0) is 16.6. The number of aromatic nitrogens is 5. The van der Waals surface area contributed by atoms with Gasteiger partial charge in [-0.05, 0) is 31.2 Å². The summed E-state index contributed by atoms with van der Waals surface area (Å²) in [5.41, 5.74) is 0.225. The van der Waals surface area contributed by atoms with Crippen LogP contribution in [0.4, 0.5) is 4.39 Å².